The molecule has 0 fully saturated rings. The maximum absolute atomic E-state index is 10.5. The van der Waals surface area contributed by atoms with Crippen LogP contribution in [0.4, 0.5) is 0 Å². The van der Waals surface area contributed by atoms with Crippen LogP contribution >= 0.6 is 11.6 Å². The van der Waals surface area contributed by atoms with E-state index in [-0.39, 0.29) is 5.97 Å². The molecule has 0 aromatic heterocycles. The van der Waals surface area contributed by atoms with Gasteiger partial charge in [0.25, 0.3) is 0 Å². The highest BCUT2D eigenvalue weighted by molar-refractivity contribution is 6.19. The molecular formula is C6H11ClO2. The topological polar surface area (TPSA) is 26.3 Å². The molecule has 0 heterocycles. The minimum Gasteiger partial charge on any atom is -0.446 e. The smallest absolute Gasteiger partial charge is 0.307 e. The van der Waals surface area contributed by atoms with Gasteiger partial charge >= 0.3 is 5.97 Å². The van der Waals surface area contributed by atoms with E-state index in [1.807, 2.05) is 6.92 Å². The first kappa shape index (κ1) is 8.76. The van der Waals surface area contributed by atoms with E-state index in [1.165, 1.54) is 0 Å². The number of rotatable bonds is 3. The van der Waals surface area contributed by atoms with Crippen LogP contribution in [0.1, 0.15) is 26.7 Å². The lowest BCUT2D eigenvalue weighted by Gasteiger charge is -2.03. The van der Waals surface area contributed by atoms with Crippen molar-refractivity contribution in [1.82, 2.24) is 0 Å². The molecule has 0 bridgehead atoms. The van der Waals surface area contributed by atoms with Gasteiger partial charge in [0.1, 0.15) is 0 Å². The van der Waals surface area contributed by atoms with Crippen LogP contribution in [0, 0.1) is 0 Å². The lowest BCUT2D eigenvalue weighted by atomic mass is 10.3. The predicted octanol–water partition coefficient (Wildman–Crippen LogP) is 1.91. The molecule has 0 saturated heterocycles. The molecule has 0 aliphatic rings. The highest BCUT2D eigenvalue weighted by atomic mass is 35.5. The van der Waals surface area contributed by atoms with Crippen LogP contribution in [0.5, 0.6) is 0 Å². The highest BCUT2D eigenvalue weighted by Gasteiger charge is 2.03. The van der Waals surface area contributed by atoms with Gasteiger partial charge in [0.05, 0.1) is 0 Å². The Hall–Kier alpha value is -0.240. The zero-order valence-electron chi connectivity index (χ0n) is 5.69. The van der Waals surface area contributed by atoms with Crippen LogP contribution < -0.4 is 0 Å². The van der Waals surface area contributed by atoms with Crippen molar-refractivity contribution in [2.45, 2.75) is 32.3 Å². The first-order chi connectivity index (χ1) is 4.16. The average molecular weight is 151 g/mol. The van der Waals surface area contributed by atoms with E-state index >= 15 is 0 Å². The molecule has 0 aromatic carbocycles. The van der Waals surface area contributed by atoms with E-state index in [9.17, 15) is 4.79 Å². The molecule has 0 aliphatic carbocycles. The Labute approximate surface area is 60.1 Å². The monoisotopic (exact) mass is 150 g/mol. The fourth-order valence-corrected chi connectivity index (χ4v) is 0.544. The summed E-state index contributed by atoms with van der Waals surface area (Å²) in [7, 11) is 0. The first-order valence-electron chi connectivity index (χ1n) is 3.00. The number of alkyl halides is 1. The van der Waals surface area contributed by atoms with Crippen LogP contribution in [-0.4, -0.2) is 11.5 Å². The summed E-state index contributed by atoms with van der Waals surface area (Å²) in [5.74, 6) is -0.222. The van der Waals surface area contributed by atoms with Crippen molar-refractivity contribution in [3.05, 3.63) is 0 Å². The van der Waals surface area contributed by atoms with Crippen molar-refractivity contribution >= 4 is 17.6 Å². The Morgan fingerprint density at radius 1 is 1.78 bits per heavy atom. The van der Waals surface area contributed by atoms with E-state index in [1.54, 1.807) is 6.92 Å². The quantitative estimate of drug-likeness (QED) is 0.454. The Morgan fingerprint density at radius 3 is 2.67 bits per heavy atom. The zero-order chi connectivity index (χ0) is 7.28. The fraction of sp³-hybridized carbons (Fsp3) is 0.833. The van der Waals surface area contributed by atoms with Crippen LogP contribution in [0.3, 0.4) is 0 Å². The molecule has 3 heteroatoms. The number of ether oxygens (including phenoxy) is 1. The molecule has 0 N–H and O–H groups in total. The van der Waals surface area contributed by atoms with Gasteiger partial charge in [-0.05, 0) is 13.3 Å². The number of hydrogen-bond donors (Lipinski definition) is 0. The SMILES string of the molecule is CCCC(=O)OC(C)Cl. The van der Waals surface area contributed by atoms with E-state index in [0.29, 0.717) is 6.42 Å². The fourth-order valence-electron chi connectivity index (χ4n) is 0.444. The Morgan fingerprint density at radius 2 is 2.33 bits per heavy atom. The number of esters is 1. The molecule has 0 rings (SSSR count). The van der Waals surface area contributed by atoms with E-state index in [4.69, 9.17) is 11.6 Å². The van der Waals surface area contributed by atoms with Crippen molar-refractivity contribution in [2.24, 2.45) is 0 Å². The molecule has 2 nitrogen and oxygen atoms in total. The van der Waals surface area contributed by atoms with Crippen molar-refractivity contribution in [3.8, 4) is 0 Å². The molecule has 0 amide bonds. The standard InChI is InChI=1S/C6H11ClO2/c1-3-4-6(8)9-5(2)7/h5H,3-4H2,1-2H3. The summed E-state index contributed by atoms with van der Waals surface area (Å²) < 4.78 is 4.62. The van der Waals surface area contributed by atoms with Gasteiger partial charge in [0.2, 0.25) is 0 Å². The molecule has 9 heavy (non-hydrogen) atoms. The van der Waals surface area contributed by atoms with Crippen LogP contribution in [0.25, 0.3) is 0 Å². The van der Waals surface area contributed by atoms with Gasteiger partial charge in [-0.2, -0.15) is 0 Å². The summed E-state index contributed by atoms with van der Waals surface area (Å²) >= 11 is 5.37. The molecule has 0 aliphatic heterocycles. The molecule has 54 valence electrons. The summed E-state index contributed by atoms with van der Waals surface area (Å²) in [6.07, 6.45) is 1.26. The van der Waals surface area contributed by atoms with Gasteiger partial charge in [-0.1, -0.05) is 18.5 Å². The lowest BCUT2D eigenvalue weighted by molar-refractivity contribution is -0.144. The summed E-state index contributed by atoms with van der Waals surface area (Å²) in [5.41, 5.74) is -0.496. The largest absolute Gasteiger partial charge is 0.446 e. The molecule has 0 radical (unpaired) electrons. The second kappa shape index (κ2) is 4.62. The van der Waals surface area contributed by atoms with Gasteiger partial charge in [-0.15, -0.1) is 0 Å². The molecule has 1 atom stereocenters. The lowest BCUT2D eigenvalue weighted by Crippen LogP contribution is -2.08. The van der Waals surface area contributed by atoms with Crippen LogP contribution in [0.15, 0.2) is 0 Å². The third-order valence-electron chi connectivity index (χ3n) is 0.748. The number of carbonyl (C=O) groups excluding carboxylic acids is 1. The predicted molar refractivity (Wildman–Crippen MR) is 36.3 cm³/mol. The summed E-state index contributed by atoms with van der Waals surface area (Å²) in [5, 5.41) is 0. The summed E-state index contributed by atoms with van der Waals surface area (Å²) in [4.78, 5) is 10.5. The molecule has 0 spiro atoms. The van der Waals surface area contributed by atoms with Crippen molar-refractivity contribution < 1.29 is 9.53 Å². The van der Waals surface area contributed by atoms with Crippen molar-refractivity contribution in [1.29, 1.82) is 0 Å². The zero-order valence-corrected chi connectivity index (χ0v) is 6.44. The van der Waals surface area contributed by atoms with Crippen LogP contribution in [0.2, 0.25) is 0 Å². The second-order valence-electron chi connectivity index (χ2n) is 1.78. The van der Waals surface area contributed by atoms with E-state index in [2.05, 4.69) is 4.74 Å². The van der Waals surface area contributed by atoms with Crippen molar-refractivity contribution in [3.63, 3.8) is 0 Å². The van der Waals surface area contributed by atoms with Crippen LogP contribution in [-0.2, 0) is 9.53 Å². The Bertz CT molecular complexity index is 91.1. The molecule has 0 aromatic rings. The minimum absolute atomic E-state index is 0.222. The molecular weight excluding hydrogens is 140 g/mol. The number of carbonyl (C=O) groups is 1. The number of hydrogen-bond acceptors (Lipinski definition) is 2. The normalized spacial score (nSPS) is 12.8. The van der Waals surface area contributed by atoms with Gasteiger partial charge in [0.15, 0.2) is 5.56 Å². The Kier molecular flexibility index (Phi) is 4.50. The van der Waals surface area contributed by atoms with E-state index < -0.39 is 5.56 Å². The summed E-state index contributed by atoms with van der Waals surface area (Å²) in [6, 6.07) is 0. The van der Waals surface area contributed by atoms with Gasteiger partial charge < -0.3 is 4.74 Å². The maximum Gasteiger partial charge on any atom is 0.307 e. The van der Waals surface area contributed by atoms with E-state index in [0.717, 1.165) is 6.42 Å². The third kappa shape index (κ3) is 5.63. The van der Waals surface area contributed by atoms with Gasteiger partial charge in [0, 0.05) is 6.42 Å². The third-order valence-corrected chi connectivity index (χ3v) is 0.837. The Balaban J connectivity index is 3.27. The van der Waals surface area contributed by atoms with Crippen molar-refractivity contribution in [2.75, 3.05) is 0 Å². The molecule has 1 unspecified atom stereocenters. The highest BCUT2D eigenvalue weighted by Crippen LogP contribution is 1.99. The van der Waals surface area contributed by atoms with Gasteiger partial charge in [-0.25, -0.2) is 0 Å². The first-order valence-corrected chi connectivity index (χ1v) is 3.44. The number of halogens is 1. The minimum atomic E-state index is -0.496. The van der Waals surface area contributed by atoms with Gasteiger partial charge in [-0.3, -0.25) is 4.79 Å². The maximum atomic E-state index is 10.5. The summed E-state index contributed by atoms with van der Waals surface area (Å²) in [6.45, 7) is 3.54. The average Bonchev–Trinajstić information content (AvgIpc) is 1.63. The molecule has 0 saturated carbocycles. The second-order valence-corrected chi connectivity index (χ2v) is 2.40.